The molecule has 0 saturated heterocycles. The molecule has 0 saturated carbocycles. The fraction of sp³-hybridized carbons (Fsp3) is 0.345. The minimum absolute atomic E-state index is 0.0874. The van der Waals surface area contributed by atoms with Crippen molar-refractivity contribution in [2.45, 2.75) is 37.2 Å². The van der Waals surface area contributed by atoms with Crippen LogP contribution in [0.5, 0.6) is 23.0 Å². The minimum Gasteiger partial charge on any atom is -0.497 e. The highest BCUT2D eigenvalue weighted by atomic mass is 32.2. The van der Waals surface area contributed by atoms with Gasteiger partial charge in [0.1, 0.15) is 29.6 Å². The molecule has 1 aliphatic heterocycles. The van der Waals surface area contributed by atoms with Crippen LogP contribution in [-0.4, -0.2) is 54.3 Å². The first-order valence-corrected chi connectivity index (χ1v) is 14.0. The Balaban J connectivity index is 1.53. The third-order valence-corrected chi connectivity index (χ3v) is 8.16. The SMILES string of the molecule is COc1ccc(OCCNC(=O)[C@H]2CN(S(=O)(=O)c3ccc(OC)cc3)c3cc(C(C)(C)C)ccc3O2)cc1. The van der Waals surface area contributed by atoms with Gasteiger partial charge in [0.05, 0.1) is 37.9 Å². The van der Waals surface area contributed by atoms with Gasteiger partial charge in [0.25, 0.3) is 15.9 Å². The van der Waals surface area contributed by atoms with Crippen LogP contribution in [0.15, 0.2) is 71.6 Å². The van der Waals surface area contributed by atoms with E-state index in [0.717, 1.165) is 5.56 Å². The summed E-state index contributed by atoms with van der Waals surface area (Å²) in [6.45, 7) is 6.40. The summed E-state index contributed by atoms with van der Waals surface area (Å²) in [7, 11) is -0.911. The van der Waals surface area contributed by atoms with Gasteiger partial charge in [0, 0.05) is 0 Å². The van der Waals surface area contributed by atoms with Gasteiger partial charge in [-0.2, -0.15) is 0 Å². The lowest BCUT2D eigenvalue weighted by molar-refractivity contribution is -0.127. The molecule has 0 spiro atoms. The molecular formula is C29H34N2O7S. The van der Waals surface area contributed by atoms with E-state index in [4.69, 9.17) is 18.9 Å². The van der Waals surface area contributed by atoms with Crippen LogP contribution in [0.3, 0.4) is 0 Å². The zero-order chi connectivity index (χ0) is 28.2. The van der Waals surface area contributed by atoms with Crippen LogP contribution in [0, 0.1) is 0 Å². The number of nitrogens with zero attached hydrogens (tertiary/aromatic N) is 1. The predicted octanol–water partition coefficient (Wildman–Crippen LogP) is 4.15. The molecule has 3 aromatic carbocycles. The number of rotatable bonds is 9. The van der Waals surface area contributed by atoms with Crippen molar-refractivity contribution in [3.8, 4) is 23.0 Å². The lowest BCUT2D eigenvalue weighted by Gasteiger charge is -2.36. The van der Waals surface area contributed by atoms with Crippen molar-refractivity contribution < 1.29 is 32.2 Å². The van der Waals surface area contributed by atoms with E-state index in [1.807, 2.05) is 32.9 Å². The molecule has 1 N–H and O–H groups in total. The molecule has 4 rings (SSSR count). The van der Waals surface area contributed by atoms with Crippen LogP contribution < -0.4 is 28.6 Å². The highest BCUT2D eigenvalue weighted by Crippen LogP contribution is 2.40. The number of carbonyl (C=O) groups is 1. The Bertz CT molecular complexity index is 1400. The van der Waals surface area contributed by atoms with Crippen LogP contribution in [0.25, 0.3) is 0 Å². The second-order valence-electron chi connectivity index (χ2n) is 10.1. The molecule has 1 atom stereocenters. The number of fused-ring (bicyclic) bond motifs is 1. The maximum atomic E-state index is 13.8. The summed E-state index contributed by atoms with van der Waals surface area (Å²) in [6, 6.07) is 18.7. The van der Waals surface area contributed by atoms with E-state index in [2.05, 4.69) is 5.32 Å². The second-order valence-corrected chi connectivity index (χ2v) is 11.9. The highest BCUT2D eigenvalue weighted by molar-refractivity contribution is 7.92. The summed E-state index contributed by atoms with van der Waals surface area (Å²) in [5, 5.41) is 2.79. The van der Waals surface area contributed by atoms with Crippen LogP contribution >= 0.6 is 0 Å². The normalized spacial score (nSPS) is 15.1. The summed E-state index contributed by atoms with van der Waals surface area (Å²) in [5.41, 5.74) is 1.12. The summed E-state index contributed by atoms with van der Waals surface area (Å²) >= 11 is 0. The fourth-order valence-corrected chi connectivity index (χ4v) is 5.55. The molecule has 3 aromatic rings. The number of anilines is 1. The number of ether oxygens (including phenoxy) is 4. The summed E-state index contributed by atoms with van der Waals surface area (Å²) in [5.74, 6) is 1.78. The van der Waals surface area contributed by atoms with Crippen LogP contribution in [-0.2, 0) is 20.2 Å². The van der Waals surface area contributed by atoms with Crippen molar-refractivity contribution in [2.24, 2.45) is 0 Å². The summed E-state index contributed by atoms with van der Waals surface area (Å²) < 4.78 is 50.9. The number of hydrogen-bond donors (Lipinski definition) is 1. The van der Waals surface area contributed by atoms with Crippen LogP contribution in [0.4, 0.5) is 5.69 Å². The zero-order valence-corrected chi connectivity index (χ0v) is 23.6. The van der Waals surface area contributed by atoms with E-state index < -0.39 is 22.0 Å². The molecule has 9 nitrogen and oxygen atoms in total. The third kappa shape index (κ3) is 6.39. The topological polar surface area (TPSA) is 103 Å². The lowest BCUT2D eigenvalue weighted by Crippen LogP contribution is -2.51. The van der Waals surface area contributed by atoms with E-state index >= 15 is 0 Å². The average molecular weight is 555 g/mol. The highest BCUT2D eigenvalue weighted by Gasteiger charge is 2.38. The maximum Gasteiger partial charge on any atom is 0.264 e. The maximum absolute atomic E-state index is 13.8. The van der Waals surface area contributed by atoms with Crippen LogP contribution in [0.1, 0.15) is 26.3 Å². The number of amides is 1. The van der Waals surface area contributed by atoms with Crippen molar-refractivity contribution in [3.05, 3.63) is 72.3 Å². The molecule has 0 unspecified atom stereocenters. The Kier molecular flexibility index (Phi) is 8.25. The van der Waals surface area contributed by atoms with Gasteiger partial charge in [-0.05, 0) is 71.6 Å². The molecular weight excluding hydrogens is 520 g/mol. The number of methoxy groups -OCH3 is 2. The standard InChI is InChI=1S/C29H34N2O7S/c1-29(2,3)20-6-15-26-25(18-20)31(39(33,34)24-13-11-22(36-5)12-14-24)19-27(38-26)28(32)30-16-17-37-23-9-7-21(35-4)8-10-23/h6-15,18,27H,16-17,19H2,1-5H3,(H,30,32)/t27-/m1/s1. The van der Waals surface area contributed by atoms with Crippen molar-refractivity contribution >= 4 is 21.6 Å². The van der Waals surface area contributed by atoms with Gasteiger partial charge in [-0.25, -0.2) is 8.42 Å². The third-order valence-electron chi connectivity index (χ3n) is 6.36. The average Bonchev–Trinajstić information content (AvgIpc) is 2.94. The Morgan fingerprint density at radius 3 is 2.13 bits per heavy atom. The van der Waals surface area contributed by atoms with E-state index in [-0.39, 0.29) is 30.0 Å². The number of benzene rings is 3. The number of sulfonamides is 1. The van der Waals surface area contributed by atoms with Crippen molar-refractivity contribution in [1.82, 2.24) is 5.32 Å². The van der Waals surface area contributed by atoms with Gasteiger partial charge in [-0.3, -0.25) is 9.10 Å². The van der Waals surface area contributed by atoms with E-state index in [0.29, 0.717) is 28.7 Å². The molecule has 0 bridgehead atoms. The van der Waals surface area contributed by atoms with Gasteiger partial charge in [0.15, 0.2) is 6.10 Å². The summed E-state index contributed by atoms with van der Waals surface area (Å²) in [6.07, 6.45) is -1.05. The van der Waals surface area contributed by atoms with E-state index in [1.165, 1.54) is 23.5 Å². The van der Waals surface area contributed by atoms with Crippen molar-refractivity contribution in [3.63, 3.8) is 0 Å². The van der Waals surface area contributed by atoms with Gasteiger partial charge < -0.3 is 24.3 Å². The molecule has 39 heavy (non-hydrogen) atoms. The Morgan fingerprint density at radius 1 is 0.949 bits per heavy atom. The van der Waals surface area contributed by atoms with Gasteiger partial charge in [-0.15, -0.1) is 0 Å². The molecule has 10 heteroatoms. The van der Waals surface area contributed by atoms with Crippen molar-refractivity contribution in [1.29, 1.82) is 0 Å². The monoisotopic (exact) mass is 554 g/mol. The molecule has 1 heterocycles. The van der Waals surface area contributed by atoms with Crippen LogP contribution in [0.2, 0.25) is 0 Å². The number of hydrogen-bond acceptors (Lipinski definition) is 7. The Labute approximate surface area is 229 Å². The predicted molar refractivity (Wildman–Crippen MR) is 149 cm³/mol. The number of carbonyl (C=O) groups excluding carboxylic acids is 1. The first-order valence-electron chi connectivity index (χ1n) is 12.6. The molecule has 208 valence electrons. The molecule has 0 fully saturated rings. The molecule has 1 aliphatic rings. The quantitative estimate of drug-likeness (QED) is 0.396. The Morgan fingerprint density at radius 2 is 1.54 bits per heavy atom. The first-order chi connectivity index (χ1) is 18.5. The molecule has 1 amide bonds. The minimum atomic E-state index is -4.01. The lowest BCUT2D eigenvalue weighted by atomic mass is 9.86. The first kappa shape index (κ1) is 28.1. The zero-order valence-electron chi connectivity index (χ0n) is 22.8. The second kappa shape index (κ2) is 11.4. The Hall–Kier alpha value is -3.92. The van der Waals surface area contributed by atoms with Gasteiger partial charge in [0.2, 0.25) is 0 Å². The molecule has 0 radical (unpaired) electrons. The molecule has 0 aromatic heterocycles. The largest absolute Gasteiger partial charge is 0.497 e. The van der Waals surface area contributed by atoms with Gasteiger partial charge in [-0.1, -0.05) is 26.8 Å². The number of nitrogens with one attached hydrogen (secondary N) is 1. The smallest absolute Gasteiger partial charge is 0.264 e. The van der Waals surface area contributed by atoms with Crippen molar-refractivity contribution in [2.75, 3.05) is 38.2 Å². The molecule has 0 aliphatic carbocycles. The summed E-state index contributed by atoms with van der Waals surface area (Å²) in [4.78, 5) is 13.2. The van der Waals surface area contributed by atoms with E-state index in [9.17, 15) is 13.2 Å². The van der Waals surface area contributed by atoms with Gasteiger partial charge >= 0.3 is 0 Å². The van der Waals surface area contributed by atoms with E-state index in [1.54, 1.807) is 49.6 Å². The fourth-order valence-electron chi connectivity index (χ4n) is 4.09.